The van der Waals surface area contributed by atoms with Crippen molar-refractivity contribution in [2.75, 3.05) is 20.8 Å². The van der Waals surface area contributed by atoms with Crippen LogP contribution in [0.15, 0.2) is 0 Å². The molecule has 5 heteroatoms. The summed E-state index contributed by atoms with van der Waals surface area (Å²) in [7, 11) is 3.07. The Kier molecular flexibility index (Phi) is 3.42. The summed E-state index contributed by atoms with van der Waals surface area (Å²) in [5.41, 5.74) is 5.46. The van der Waals surface area contributed by atoms with Crippen molar-refractivity contribution in [3.8, 4) is 0 Å². The molecule has 1 heterocycles. The van der Waals surface area contributed by atoms with Crippen molar-refractivity contribution in [2.24, 2.45) is 5.73 Å². The van der Waals surface area contributed by atoms with Crippen LogP contribution in [0.1, 0.15) is 0 Å². The average molecular weight is 177 g/mol. The van der Waals surface area contributed by atoms with E-state index in [1.165, 1.54) is 7.11 Å². The maximum Gasteiger partial charge on any atom is 0.135 e. The average Bonchev–Trinajstić information content (AvgIpc) is 2.29. The summed E-state index contributed by atoms with van der Waals surface area (Å²) >= 11 is 0. The van der Waals surface area contributed by atoms with Crippen molar-refractivity contribution in [1.82, 2.24) is 0 Å². The van der Waals surface area contributed by atoms with Gasteiger partial charge in [0.05, 0.1) is 6.61 Å². The van der Waals surface area contributed by atoms with Gasteiger partial charge >= 0.3 is 0 Å². The second-order valence-electron chi connectivity index (χ2n) is 2.79. The Hall–Kier alpha value is -0.200. The van der Waals surface area contributed by atoms with E-state index in [1.807, 2.05) is 0 Å². The Labute approximate surface area is 71.4 Å². The molecule has 0 aromatic heterocycles. The Morgan fingerprint density at radius 3 is 2.67 bits per heavy atom. The Balaban J connectivity index is 2.52. The van der Waals surface area contributed by atoms with E-state index in [9.17, 15) is 5.11 Å². The predicted octanol–water partition coefficient (Wildman–Crippen LogP) is -1.31. The summed E-state index contributed by atoms with van der Waals surface area (Å²) in [5.74, 6) is 0. The summed E-state index contributed by atoms with van der Waals surface area (Å²) in [6, 6.07) is 0. The summed E-state index contributed by atoms with van der Waals surface area (Å²) in [4.78, 5) is 0. The fourth-order valence-electron chi connectivity index (χ4n) is 1.36. The first-order chi connectivity index (χ1) is 5.70. The molecule has 0 bridgehead atoms. The van der Waals surface area contributed by atoms with E-state index in [2.05, 4.69) is 0 Å². The molecule has 72 valence electrons. The molecule has 0 amide bonds. The van der Waals surface area contributed by atoms with Crippen LogP contribution >= 0.6 is 0 Å². The number of hydrogen-bond donors (Lipinski definition) is 2. The highest BCUT2D eigenvalue weighted by Gasteiger charge is 2.41. The normalized spacial score (nSPS) is 42.0. The SMILES string of the molecule is COC[C@H]1O[C@@H](N)[C@@H](O)C1OC. The molecule has 0 aromatic rings. The maximum absolute atomic E-state index is 9.42. The number of ether oxygens (including phenoxy) is 3. The van der Waals surface area contributed by atoms with Gasteiger partial charge in [-0.2, -0.15) is 0 Å². The van der Waals surface area contributed by atoms with Gasteiger partial charge in [0.15, 0.2) is 0 Å². The second kappa shape index (κ2) is 4.15. The largest absolute Gasteiger partial charge is 0.386 e. The lowest BCUT2D eigenvalue weighted by atomic mass is 10.1. The third-order valence-corrected chi connectivity index (χ3v) is 1.97. The van der Waals surface area contributed by atoms with E-state index in [0.29, 0.717) is 6.61 Å². The van der Waals surface area contributed by atoms with Gasteiger partial charge in [-0.3, -0.25) is 0 Å². The molecule has 1 aliphatic rings. The molecule has 0 radical (unpaired) electrons. The quantitative estimate of drug-likeness (QED) is 0.560. The van der Waals surface area contributed by atoms with Crippen LogP contribution in [0.2, 0.25) is 0 Å². The molecule has 12 heavy (non-hydrogen) atoms. The topological polar surface area (TPSA) is 73.9 Å². The second-order valence-corrected chi connectivity index (χ2v) is 2.79. The zero-order valence-corrected chi connectivity index (χ0v) is 7.27. The van der Waals surface area contributed by atoms with Crippen LogP contribution in [0.4, 0.5) is 0 Å². The van der Waals surface area contributed by atoms with Crippen molar-refractivity contribution >= 4 is 0 Å². The summed E-state index contributed by atoms with van der Waals surface area (Å²) < 4.78 is 15.1. The fourth-order valence-corrected chi connectivity index (χ4v) is 1.36. The molecule has 0 aliphatic carbocycles. The molecule has 0 spiro atoms. The lowest BCUT2D eigenvalue weighted by Crippen LogP contribution is -2.38. The molecular formula is C7H15NO4. The van der Waals surface area contributed by atoms with Crippen LogP contribution in [0.3, 0.4) is 0 Å². The van der Waals surface area contributed by atoms with Gasteiger partial charge in [-0.15, -0.1) is 0 Å². The molecule has 1 fully saturated rings. The van der Waals surface area contributed by atoms with Gasteiger partial charge in [-0.25, -0.2) is 0 Å². The molecule has 5 nitrogen and oxygen atoms in total. The first-order valence-corrected chi connectivity index (χ1v) is 3.81. The third-order valence-electron chi connectivity index (χ3n) is 1.97. The highest BCUT2D eigenvalue weighted by molar-refractivity contribution is 4.88. The number of hydrogen-bond acceptors (Lipinski definition) is 5. The van der Waals surface area contributed by atoms with Crippen LogP contribution in [-0.4, -0.2) is 50.5 Å². The smallest absolute Gasteiger partial charge is 0.135 e. The first-order valence-electron chi connectivity index (χ1n) is 3.81. The monoisotopic (exact) mass is 177 g/mol. The first kappa shape index (κ1) is 9.88. The highest BCUT2D eigenvalue weighted by Crippen LogP contribution is 2.20. The van der Waals surface area contributed by atoms with Crippen LogP contribution in [-0.2, 0) is 14.2 Å². The molecule has 1 saturated heterocycles. The van der Waals surface area contributed by atoms with Crippen molar-refractivity contribution in [2.45, 2.75) is 24.5 Å². The number of aliphatic hydroxyl groups excluding tert-OH is 1. The van der Waals surface area contributed by atoms with Crippen LogP contribution in [0.25, 0.3) is 0 Å². The molecule has 0 aromatic carbocycles. The van der Waals surface area contributed by atoms with Gasteiger partial charge in [-0.1, -0.05) is 0 Å². The van der Waals surface area contributed by atoms with E-state index in [-0.39, 0.29) is 12.2 Å². The summed E-state index contributed by atoms with van der Waals surface area (Å²) in [6.07, 6.45) is -2.10. The van der Waals surface area contributed by atoms with Crippen LogP contribution in [0.5, 0.6) is 0 Å². The minimum atomic E-state index is -0.768. The highest BCUT2D eigenvalue weighted by atomic mass is 16.6. The van der Waals surface area contributed by atoms with Crippen LogP contribution < -0.4 is 5.73 Å². The zero-order valence-electron chi connectivity index (χ0n) is 7.27. The van der Waals surface area contributed by atoms with E-state index < -0.39 is 12.3 Å². The Morgan fingerprint density at radius 1 is 1.50 bits per heavy atom. The molecule has 1 rings (SSSR count). The minimum Gasteiger partial charge on any atom is -0.386 e. The predicted molar refractivity (Wildman–Crippen MR) is 41.5 cm³/mol. The molecular weight excluding hydrogens is 162 g/mol. The standard InChI is InChI=1S/C7H15NO4/c1-10-3-4-6(11-2)5(9)7(8)12-4/h4-7,9H,3,8H2,1-2H3/t4-,5+,6?,7-/m1/s1. The van der Waals surface area contributed by atoms with Gasteiger partial charge in [-0.05, 0) is 0 Å². The molecule has 3 N–H and O–H groups in total. The summed E-state index contributed by atoms with van der Waals surface area (Å²) in [5, 5.41) is 9.42. The van der Waals surface area contributed by atoms with E-state index in [0.717, 1.165) is 0 Å². The maximum atomic E-state index is 9.42. The lowest BCUT2D eigenvalue weighted by molar-refractivity contribution is -0.0447. The number of nitrogens with two attached hydrogens (primary N) is 1. The molecule has 0 saturated carbocycles. The van der Waals surface area contributed by atoms with Crippen molar-refractivity contribution in [3.63, 3.8) is 0 Å². The fraction of sp³-hybridized carbons (Fsp3) is 1.00. The van der Waals surface area contributed by atoms with Crippen molar-refractivity contribution in [1.29, 1.82) is 0 Å². The number of aliphatic hydroxyl groups is 1. The zero-order chi connectivity index (χ0) is 9.14. The van der Waals surface area contributed by atoms with Crippen LogP contribution in [0, 0.1) is 0 Å². The summed E-state index contributed by atoms with van der Waals surface area (Å²) in [6.45, 7) is 0.378. The number of rotatable bonds is 3. The molecule has 1 aliphatic heterocycles. The van der Waals surface area contributed by atoms with E-state index >= 15 is 0 Å². The van der Waals surface area contributed by atoms with Crippen molar-refractivity contribution in [3.05, 3.63) is 0 Å². The Morgan fingerprint density at radius 2 is 2.17 bits per heavy atom. The van der Waals surface area contributed by atoms with Gasteiger partial charge in [0, 0.05) is 14.2 Å². The van der Waals surface area contributed by atoms with Gasteiger partial charge in [0.25, 0.3) is 0 Å². The lowest BCUT2D eigenvalue weighted by Gasteiger charge is -2.17. The molecule has 1 unspecified atom stereocenters. The number of methoxy groups -OCH3 is 2. The van der Waals surface area contributed by atoms with Crippen molar-refractivity contribution < 1.29 is 19.3 Å². The van der Waals surface area contributed by atoms with E-state index in [4.69, 9.17) is 19.9 Å². The third kappa shape index (κ3) is 1.75. The Bertz CT molecular complexity index is 143. The van der Waals surface area contributed by atoms with Gasteiger partial charge < -0.3 is 25.1 Å². The minimum absolute atomic E-state index is 0.273. The van der Waals surface area contributed by atoms with Gasteiger partial charge in [0.2, 0.25) is 0 Å². The van der Waals surface area contributed by atoms with Gasteiger partial charge in [0.1, 0.15) is 24.5 Å². The molecule has 4 atom stereocenters. The van der Waals surface area contributed by atoms with E-state index in [1.54, 1.807) is 7.11 Å².